The largest absolute Gasteiger partial charge is 0.358 e. The Balaban J connectivity index is 2.57. The molecule has 0 bridgehead atoms. The van der Waals surface area contributed by atoms with Crippen LogP contribution in [0, 0.1) is 13.8 Å². The molecule has 0 aliphatic rings. The van der Waals surface area contributed by atoms with E-state index in [4.69, 9.17) is 12.2 Å². The Kier molecular flexibility index (Phi) is 8.21. The molecule has 3 amide bonds. The van der Waals surface area contributed by atoms with Gasteiger partial charge >= 0.3 is 6.03 Å². The summed E-state index contributed by atoms with van der Waals surface area (Å²) in [5.74, 6) is -0.364. The highest BCUT2D eigenvalue weighted by Crippen LogP contribution is 2.17. The van der Waals surface area contributed by atoms with Crippen LogP contribution in [-0.2, 0) is 4.79 Å². The number of hydrogen-bond donors (Lipinski definition) is 2. The standard InChI is InChI=1S/C17H25N3O2S2/c1-6-20(7-2)17(23)24-13(5)15(21)19-16(22)18-14-9-8-11(3)10-12(14)4/h8-10,13H,6-7H2,1-5H3,(H2,18,19,21,22). The number of urea groups is 1. The lowest BCUT2D eigenvalue weighted by Crippen LogP contribution is -2.40. The Hall–Kier alpha value is -1.60. The van der Waals surface area contributed by atoms with Crippen LogP contribution in [0.1, 0.15) is 31.9 Å². The molecule has 0 aliphatic carbocycles. The number of imide groups is 1. The normalized spacial score (nSPS) is 11.5. The predicted octanol–water partition coefficient (Wildman–Crippen LogP) is 3.70. The van der Waals surface area contributed by atoms with Gasteiger partial charge in [-0.3, -0.25) is 10.1 Å². The first kappa shape index (κ1) is 20.4. The van der Waals surface area contributed by atoms with Gasteiger partial charge in [0.05, 0.1) is 5.25 Å². The van der Waals surface area contributed by atoms with Crippen LogP contribution in [0.4, 0.5) is 10.5 Å². The maximum Gasteiger partial charge on any atom is 0.325 e. The number of thioether (sulfide) groups is 1. The zero-order valence-electron chi connectivity index (χ0n) is 14.8. The number of aryl methyl sites for hydroxylation is 2. The minimum absolute atomic E-state index is 0.364. The third-order valence-corrected chi connectivity index (χ3v) is 5.11. The molecule has 0 aliphatic heterocycles. The quantitative estimate of drug-likeness (QED) is 0.777. The van der Waals surface area contributed by atoms with E-state index in [0.717, 1.165) is 24.2 Å². The number of carbonyl (C=O) groups excluding carboxylic acids is 2. The first-order chi connectivity index (χ1) is 11.3. The molecule has 0 fully saturated rings. The van der Waals surface area contributed by atoms with Gasteiger partial charge < -0.3 is 10.2 Å². The van der Waals surface area contributed by atoms with Gasteiger partial charge in [0, 0.05) is 18.8 Å². The van der Waals surface area contributed by atoms with Crippen LogP contribution < -0.4 is 10.6 Å². The molecule has 0 spiro atoms. The molecule has 7 heteroatoms. The summed E-state index contributed by atoms with van der Waals surface area (Å²) in [5.41, 5.74) is 2.75. The van der Waals surface area contributed by atoms with Crippen molar-refractivity contribution in [2.24, 2.45) is 0 Å². The average molecular weight is 368 g/mol. The SMILES string of the molecule is CCN(CC)C(=S)SC(C)C(=O)NC(=O)Nc1ccc(C)cc1C. The van der Waals surface area contributed by atoms with Crippen molar-refractivity contribution >= 4 is 45.9 Å². The fourth-order valence-corrected chi connectivity index (χ4v) is 3.65. The highest BCUT2D eigenvalue weighted by molar-refractivity contribution is 8.23. The highest BCUT2D eigenvalue weighted by atomic mass is 32.2. The molecule has 0 aromatic heterocycles. The Labute approximate surface area is 153 Å². The molecular weight excluding hydrogens is 342 g/mol. The van der Waals surface area contributed by atoms with Crippen LogP contribution >= 0.6 is 24.0 Å². The molecule has 1 aromatic rings. The monoisotopic (exact) mass is 367 g/mol. The van der Waals surface area contributed by atoms with Crippen LogP contribution in [0.25, 0.3) is 0 Å². The van der Waals surface area contributed by atoms with Gasteiger partial charge in [-0.1, -0.05) is 41.7 Å². The van der Waals surface area contributed by atoms with Gasteiger partial charge in [-0.15, -0.1) is 0 Å². The van der Waals surface area contributed by atoms with E-state index in [9.17, 15) is 9.59 Å². The highest BCUT2D eigenvalue weighted by Gasteiger charge is 2.20. The van der Waals surface area contributed by atoms with Crippen LogP contribution in [-0.4, -0.2) is 39.5 Å². The molecule has 24 heavy (non-hydrogen) atoms. The average Bonchev–Trinajstić information content (AvgIpc) is 2.51. The second kappa shape index (κ2) is 9.64. The fourth-order valence-electron chi connectivity index (χ4n) is 2.08. The van der Waals surface area contributed by atoms with Crippen LogP contribution in [0.2, 0.25) is 0 Å². The van der Waals surface area contributed by atoms with E-state index < -0.39 is 11.3 Å². The Bertz CT molecular complexity index is 616. The maximum atomic E-state index is 12.1. The van der Waals surface area contributed by atoms with Crippen molar-refractivity contribution in [1.29, 1.82) is 0 Å². The lowest BCUT2D eigenvalue weighted by Gasteiger charge is -2.22. The zero-order valence-corrected chi connectivity index (χ0v) is 16.4. The Morgan fingerprint density at radius 2 is 1.88 bits per heavy atom. The van der Waals surface area contributed by atoms with Crippen molar-refractivity contribution in [2.75, 3.05) is 18.4 Å². The summed E-state index contributed by atoms with van der Waals surface area (Å²) in [6.45, 7) is 11.2. The number of nitrogens with zero attached hydrogens (tertiary/aromatic N) is 1. The van der Waals surface area contributed by atoms with E-state index in [-0.39, 0.29) is 5.91 Å². The van der Waals surface area contributed by atoms with Gasteiger partial charge in [-0.2, -0.15) is 0 Å². The summed E-state index contributed by atoms with van der Waals surface area (Å²) in [7, 11) is 0. The summed E-state index contributed by atoms with van der Waals surface area (Å²) < 4.78 is 0.664. The van der Waals surface area contributed by atoms with Crippen molar-refractivity contribution in [2.45, 2.75) is 39.9 Å². The number of thiocarbonyl (C=S) groups is 1. The fraction of sp³-hybridized carbons (Fsp3) is 0.471. The Morgan fingerprint density at radius 1 is 1.25 bits per heavy atom. The third kappa shape index (κ3) is 6.13. The molecule has 1 aromatic carbocycles. The molecule has 1 atom stereocenters. The van der Waals surface area contributed by atoms with Crippen molar-refractivity contribution < 1.29 is 9.59 Å². The van der Waals surface area contributed by atoms with Gasteiger partial charge in [0.25, 0.3) is 0 Å². The molecule has 1 unspecified atom stereocenters. The lowest BCUT2D eigenvalue weighted by atomic mass is 10.1. The molecule has 5 nitrogen and oxygen atoms in total. The molecule has 0 radical (unpaired) electrons. The summed E-state index contributed by atoms with van der Waals surface area (Å²) >= 11 is 6.61. The molecule has 1 rings (SSSR count). The number of rotatable bonds is 5. The molecule has 0 heterocycles. The topological polar surface area (TPSA) is 61.4 Å². The summed E-state index contributed by atoms with van der Waals surface area (Å²) in [4.78, 5) is 26.1. The van der Waals surface area contributed by atoms with E-state index in [0.29, 0.717) is 10.0 Å². The second-order valence-electron chi connectivity index (χ2n) is 5.46. The molecule has 0 saturated heterocycles. The number of hydrogen-bond acceptors (Lipinski definition) is 4. The van der Waals surface area contributed by atoms with Crippen molar-refractivity contribution in [1.82, 2.24) is 10.2 Å². The molecule has 132 valence electrons. The minimum atomic E-state index is -0.534. The van der Waals surface area contributed by atoms with Gasteiger partial charge in [0.15, 0.2) is 0 Å². The van der Waals surface area contributed by atoms with E-state index in [1.54, 1.807) is 6.92 Å². The predicted molar refractivity (Wildman–Crippen MR) is 106 cm³/mol. The van der Waals surface area contributed by atoms with E-state index in [2.05, 4.69) is 10.6 Å². The molecule has 0 saturated carbocycles. The van der Waals surface area contributed by atoms with Gasteiger partial charge in [0.1, 0.15) is 4.32 Å². The van der Waals surface area contributed by atoms with Gasteiger partial charge in [-0.05, 0) is 46.2 Å². The van der Waals surface area contributed by atoms with Crippen molar-refractivity contribution in [3.8, 4) is 0 Å². The maximum absolute atomic E-state index is 12.1. The number of benzene rings is 1. The summed E-state index contributed by atoms with van der Waals surface area (Å²) in [6.07, 6.45) is 0. The first-order valence-corrected chi connectivity index (χ1v) is 9.21. The van der Waals surface area contributed by atoms with Gasteiger partial charge in [0.2, 0.25) is 5.91 Å². The minimum Gasteiger partial charge on any atom is -0.358 e. The third-order valence-electron chi connectivity index (χ3n) is 3.54. The number of anilines is 1. The van der Waals surface area contributed by atoms with Crippen LogP contribution in [0.15, 0.2) is 18.2 Å². The first-order valence-electron chi connectivity index (χ1n) is 7.93. The number of amides is 3. The number of carbonyl (C=O) groups is 2. The van der Waals surface area contributed by atoms with E-state index in [1.165, 1.54) is 11.8 Å². The smallest absolute Gasteiger partial charge is 0.325 e. The summed E-state index contributed by atoms with van der Waals surface area (Å²) in [5, 5.41) is 4.62. The lowest BCUT2D eigenvalue weighted by molar-refractivity contribution is -0.119. The van der Waals surface area contributed by atoms with Crippen LogP contribution in [0.3, 0.4) is 0 Å². The molecule has 2 N–H and O–H groups in total. The van der Waals surface area contributed by atoms with E-state index in [1.807, 2.05) is 50.8 Å². The number of nitrogens with one attached hydrogen (secondary N) is 2. The van der Waals surface area contributed by atoms with Crippen molar-refractivity contribution in [3.05, 3.63) is 29.3 Å². The van der Waals surface area contributed by atoms with Crippen molar-refractivity contribution in [3.63, 3.8) is 0 Å². The van der Waals surface area contributed by atoms with E-state index >= 15 is 0 Å². The van der Waals surface area contributed by atoms with Crippen LogP contribution in [0.5, 0.6) is 0 Å². The second-order valence-corrected chi connectivity index (χ2v) is 7.43. The van der Waals surface area contributed by atoms with Gasteiger partial charge in [-0.25, -0.2) is 4.79 Å². The zero-order chi connectivity index (χ0) is 18.3. The molecular formula is C17H25N3O2S2. The Morgan fingerprint density at radius 3 is 2.42 bits per heavy atom. The summed E-state index contributed by atoms with van der Waals surface area (Å²) in [6, 6.07) is 5.17.